The Morgan fingerprint density at radius 2 is 1.31 bits per heavy atom. The van der Waals surface area contributed by atoms with E-state index in [-0.39, 0.29) is 5.54 Å². The van der Waals surface area contributed by atoms with Gasteiger partial charge in [0.2, 0.25) is 0 Å². The summed E-state index contributed by atoms with van der Waals surface area (Å²) >= 11 is 0. The van der Waals surface area contributed by atoms with Gasteiger partial charge < -0.3 is 0 Å². The Morgan fingerprint density at radius 3 is 1.38 bits per heavy atom. The Bertz CT molecular complexity index is 191. The van der Waals surface area contributed by atoms with Gasteiger partial charge >= 0.3 is 0 Å². The van der Waals surface area contributed by atoms with E-state index in [0.717, 1.165) is 5.92 Å². The molecular weight excluding hydrogens is 158 g/mol. The van der Waals surface area contributed by atoms with Gasteiger partial charge in [-0.25, -0.2) is 0 Å². The van der Waals surface area contributed by atoms with Crippen LogP contribution in [0.3, 0.4) is 0 Å². The Labute approximate surface area is 83.5 Å². The fourth-order valence-electron chi connectivity index (χ4n) is 2.86. The Hall–Kier alpha value is -0.0400. The lowest BCUT2D eigenvalue weighted by molar-refractivity contribution is 0.0756. The first kappa shape index (κ1) is 11.0. The van der Waals surface area contributed by atoms with Crippen LogP contribution < -0.4 is 0 Å². The molecule has 1 heterocycles. The van der Waals surface area contributed by atoms with E-state index in [1.54, 1.807) is 0 Å². The zero-order chi connectivity index (χ0) is 10.7. The van der Waals surface area contributed by atoms with Crippen molar-refractivity contribution in [3.63, 3.8) is 0 Å². The van der Waals surface area contributed by atoms with E-state index < -0.39 is 0 Å². The zero-order valence-electron chi connectivity index (χ0n) is 10.5. The van der Waals surface area contributed by atoms with Crippen molar-refractivity contribution < 1.29 is 0 Å². The van der Waals surface area contributed by atoms with Gasteiger partial charge in [-0.2, -0.15) is 0 Å². The van der Waals surface area contributed by atoms with Crippen LogP contribution >= 0.6 is 0 Å². The van der Waals surface area contributed by atoms with Gasteiger partial charge in [0.1, 0.15) is 0 Å². The second-order valence-corrected chi connectivity index (χ2v) is 6.22. The molecule has 0 aliphatic carbocycles. The van der Waals surface area contributed by atoms with Crippen LogP contribution in [0, 0.1) is 11.3 Å². The molecule has 0 bridgehead atoms. The maximum absolute atomic E-state index is 2.53. The molecule has 0 aromatic heterocycles. The highest BCUT2D eigenvalue weighted by molar-refractivity contribution is 5.12. The van der Waals surface area contributed by atoms with E-state index in [1.165, 1.54) is 0 Å². The van der Waals surface area contributed by atoms with Crippen LogP contribution in [-0.4, -0.2) is 23.0 Å². The first-order valence-electron chi connectivity index (χ1n) is 5.30. The van der Waals surface area contributed by atoms with Crippen molar-refractivity contribution in [2.45, 2.75) is 59.5 Å². The van der Waals surface area contributed by atoms with Gasteiger partial charge in [-0.3, -0.25) is 4.90 Å². The number of nitrogens with zero attached hydrogens (tertiary/aromatic N) is 1. The van der Waals surface area contributed by atoms with E-state index in [0.29, 0.717) is 11.0 Å². The summed E-state index contributed by atoms with van der Waals surface area (Å²) in [6.45, 7) is 16.6. The molecule has 1 unspecified atom stereocenters. The molecule has 1 nitrogen and oxygen atoms in total. The monoisotopic (exact) mass is 183 g/mol. The molecule has 1 fully saturated rings. The fraction of sp³-hybridized carbons (Fsp3) is 1.00. The summed E-state index contributed by atoms with van der Waals surface area (Å²) in [7, 11) is 2.26. The summed E-state index contributed by atoms with van der Waals surface area (Å²) in [5.41, 5.74) is 0.980. The average molecular weight is 183 g/mol. The van der Waals surface area contributed by atoms with Crippen LogP contribution in [-0.2, 0) is 0 Å². The van der Waals surface area contributed by atoms with E-state index in [9.17, 15) is 0 Å². The molecule has 1 aliphatic rings. The van der Waals surface area contributed by atoms with Gasteiger partial charge in [-0.15, -0.1) is 0 Å². The molecular formula is C12H25N. The van der Waals surface area contributed by atoms with Crippen molar-refractivity contribution in [1.82, 2.24) is 4.90 Å². The second-order valence-electron chi connectivity index (χ2n) is 6.22. The minimum absolute atomic E-state index is 0.288. The van der Waals surface area contributed by atoms with Crippen LogP contribution in [0.25, 0.3) is 0 Å². The lowest BCUT2D eigenvalue weighted by Gasteiger charge is -2.41. The van der Waals surface area contributed by atoms with Crippen molar-refractivity contribution in [3.8, 4) is 0 Å². The lowest BCUT2D eigenvalue weighted by Crippen LogP contribution is -2.48. The van der Waals surface area contributed by atoms with E-state index >= 15 is 0 Å². The SMILES string of the molecule is CC1C(C)(C)N(C)C(C)(C)C1(C)C. The molecule has 0 aromatic rings. The average Bonchev–Trinajstić information content (AvgIpc) is 2.05. The molecule has 1 atom stereocenters. The molecule has 78 valence electrons. The zero-order valence-corrected chi connectivity index (χ0v) is 10.5. The van der Waals surface area contributed by atoms with Gasteiger partial charge in [0.15, 0.2) is 0 Å². The molecule has 0 N–H and O–H groups in total. The van der Waals surface area contributed by atoms with Crippen LogP contribution in [0.4, 0.5) is 0 Å². The summed E-state index contributed by atoms with van der Waals surface area (Å²) in [6, 6.07) is 0. The quantitative estimate of drug-likeness (QED) is 0.557. The number of hydrogen-bond donors (Lipinski definition) is 0. The van der Waals surface area contributed by atoms with Gasteiger partial charge in [-0.05, 0) is 46.1 Å². The second kappa shape index (κ2) is 2.50. The summed E-state index contributed by atoms with van der Waals surface area (Å²) in [5, 5.41) is 0. The molecule has 1 rings (SSSR count). The minimum Gasteiger partial charge on any atom is -0.295 e. The molecule has 0 saturated carbocycles. The van der Waals surface area contributed by atoms with Crippen molar-refractivity contribution >= 4 is 0 Å². The normalized spacial score (nSPS) is 36.5. The smallest absolute Gasteiger partial charge is 0.0209 e. The summed E-state index contributed by atoms with van der Waals surface area (Å²) in [6.07, 6.45) is 0. The summed E-state index contributed by atoms with van der Waals surface area (Å²) < 4.78 is 0. The van der Waals surface area contributed by atoms with Gasteiger partial charge in [0.05, 0.1) is 0 Å². The maximum Gasteiger partial charge on any atom is 0.0209 e. The van der Waals surface area contributed by atoms with Gasteiger partial charge in [-0.1, -0.05) is 20.8 Å². The van der Waals surface area contributed by atoms with Crippen molar-refractivity contribution in [2.24, 2.45) is 11.3 Å². The van der Waals surface area contributed by atoms with Gasteiger partial charge in [0.25, 0.3) is 0 Å². The van der Waals surface area contributed by atoms with E-state index in [1.807, 2.05) is 0 Å². The molecule has 1 aliphatic heterocycles. The predicted octanol–water partition coefficient (Wildman–Crippen LogP) is 3.15. The van der Waals surface area contributed by atoms with Crippen LogP contribution in [0.5, 0.6) is 0 Å². The summed E-state index contributed by atoms with van der Waals surface area (Å²) in [4.78, 5) is 2.53. The topological polar surface area (TPSA) is 3.24 Å². The lowest BCUT2D eigenvalue weighted by atomic mass is 9.67. The highest BCUT2D eigenvalue weighted by Crippen LogP contribution is 2.55. The largest absolute Gasteiger partial charge is 0.295 e. The predicted molar refractivity (Wildman–Crippen MR) is 58.9 cm³/mol. The Kier molecular flexibility index (Phi) is 2.12. The third kappa shape index (κ3) is 1.09. The Morgan fingerprint density at radius 1 is 0.923 bits per heavy atom. The Balaban J connectivity index is 3.20. The third-order valence-electron chi connectivity index (χ3n) is 5.42. The molecule has 1 heteroatoms. The third-order valence-corrected chi connectivity index (χ3v) is 5.42. The summed E-state index contributed by atoms with van der Waals surface area (Å²) in [5.74, 6) is 0.722. The first-order valence-corrected chi connectivity index (χ1v) is 5.30. The molecule has 0 aromatic carbocycles. The van der Waals surface area contributed by atoms with Gasteiger partial charge in [0, 0.05) is 11.1 Å². The number of hydrogen-bond acceptors (Lipinski definition) is 1. The molecule has 0 amide bonds. The van der Waals surface area contributed by atoms with Crippen LogP contribution in [0.1, 0.15) is 48.5 Å². The van der Waals surface area contributed by atoms with Crippen molar-refractivity contribution in [3.05, 3.63) is 0 Å². The molecule has 0 spiro atoms. The van der Waals surface area contributed by atoms with Crippen molar-refractivity contribution in [1.29, 1.82) is 0 Å². The molecule has 1 saturated heterocycles. The highest BCUT2D eigenvalue weighted by Gasteiger charge is 2.58. The van der Waals surface area contributed by atoms with E-state index in [4.69, 9.17) is 0 Å². The van der Waals surface area contributed by atoms with Crippen molar-refractivity contribution in [2.75, 3.05) is 7.05 Å². The molecule has 13 heavy (non-hydrogen) atoms. The van der Waals surface area contributed by atoms with E-state index in [2.05, 4.69) is 60.4 Å². The maximum atomic E-state index is 2.53. The highest BCUT2D eigenvalue weighted by atomic mass is 15.3. The standard InChI is InChI=1S/C12H25N/c1-9-10(2,3)12(6,7)13(8)11(9,4)5/h9H,1-8H3. The first-order chi connectivity index (χ1) is 5.56. The molecule has 0 radical (unpaired) electrons. The minimum atomic E-state index is 0.288. The fourth-order valence-corrected chi connectivity index (χ4v) is 2.86. The number of likely N-dealkylation sites (tertiary alicyclic amines) is 1. The van der Waals surface area contributed by atoms with Crippen LogP contribution in [0.2, 0.25) is 0 Å². The van der Waals surface area contributed by atoms with Crippen LogP contribution in [0.15, 0.2) is 0 Å². The number of rotatable bonds is 0.